The summed E-state index contributed by atoms with van der Waals surface area (Å²) in [6.07, 6.45) is 0. The first-order chi connectivity index (χ1) is 21.2. The van der Waals surface area contributed by atoms with Crippen LogP contribution in [0.5, 0.6) is 0 Å². The summed E-state index contributed by atoms with van der Waals surface area (Å²) in [7, 11) is 0. The van der Waals surface area contributed by atoms with E-state index >= 15 is 0 Å². The molecule has 0 aliphatic carbocycles. The molecule has 0 saturated carbocycles. The SMILES string of the molecule is CC(C)(C)c1cc(-c2nnc(-c3cc(C#N)cc(-c4nnc(-c5cc(C(C)(C)C)cc(C(C)(C)C)c5)o4)c3)o2)cc(C(C)(C)C)c1. The molecule has 0 saturated heterocycles. The summed E-state index contributed by atoms with van der Waals surface area (Å²) in [5.41, 5.74) is 7.89. The Kier molecular flexibility index (Phi) is 8.09. The van der Waals surface area contributed by atoms with Gasteiger partial charge in [0, 0.05) is 22.3 Å². The fraction of sp³-hybridized carbons (Fsp3) is 0.410. The van der Waals surface area contributed by atoms with Crippen LogP contribution in [-0.2, 0) is 21.7 Å². The van der Waals surface area contributed by atoms with E-state index in [-0.39, 0.29) is 21.7 Å². The third-order valence-electron chi connectivity index (χ3n) is 8.23. The van der Waals surface area contributed by atoms with Gasteiger partial charge < -0.3 is 8.83 Å². The topological polar surface area (TPSA) is 102 Å². The molecule has 0 spiro atoms. The molecule has 0 fully saturated rings. The average molecular weight is 616 g/mol. The highest BCUT2D eigenvalue weighted by Crippen LogP contribution is 2.37. The van der Waals surface area contributed by atoms with Gasteiger partial charge in [-0.2, -0.15) is 5.26 Å². The lowest BCUT2D eigenvalue weighted by molar-refractivity contribution is 0.564. The first kappa shape index (κ1) is 32.8. The minimum atomic E-state index is -0.0554. The Morgan fingerprint density at radius 2 is 0.674 bits per heavy atom. The summed E-state index contributed by atoms with van der Waals surface area (Å²) in [6.45, 7) is 26.3. The molecular formula is C39H45N5O2. The van der Waals surface area contributed by atoms with Crippen LogP contribution in [0.2, 0.25) is 0 Å². The molecule has 0 radical (unpaired) electrons. The van der Waals surface area contributed by atoms with Crippen LogP contribution in [0.3, 0.4) is 0 Å². The normalized spacial score (nSPS) is 12.8. The smallest absolute Gasteiger partial charge is 0.248 e. The highest BCUT2D eigenvalue weighted by Gasteiger charge is 2.25. The number of nitrogens with zero attached hydrogens (tertiary/aromatic N) is 5. The molecule has 0 N–H and O–H groups in total. The molecular weight excluding hydrogens is 570 g/mol. The van der Waals surface area contributed by atoms with Crippen LogP contribution in [0.15, 0.2) is 63.4 Å². The second kappa shape index (κ2) is 11.3. The Balaban J connectivity index is 1.55. The Hall–Kier alpha value is -4.57. The van der Waals surface area contributed by atoms with Gasteiger partial charge in [-0.05, 0) is 86.4 Å². The lowest BCUT2D eigenvalue weighted by atomic mass is 9.79. The van der Waals surface area contributed by atoms with Crippen molar-refractivity contribution in [3.63, 3.8) is 0 Å². The van der Waals surface area contributed by atoms with E-state index in [4.69, 9.17) is 8.83 Å². The minimum absolute atomic E-state index is 0.0554. The number of rotatable bonds is 4. The van der Waals surface area contributed by atoms with E-state index in [1.807, 2.05) is 6.07 Å². The molecule has 3 aromatic carbocycles. The van der Waals surface area contributed by atoms with E-state index < -0.39 is 0 Å². The predicted molar refractivity (Wildman–Crippen MR) is 183 cm³/mol. The zero-order valence-electron chi connectivity index (χ0n) is 29.2. The van der Waals surface area contributed by atoms with E-state index in [0.717, 1.165) is 11.1 Å². The fourth-order valence-electron chi connectivity index (χ4n) is 5.09. The van der Waals surface area contributed by atoms with Crippen molar-refractivity contribution in [2.24, 2.45) is 0 Å². The van der Waals surface area contributed by atoms with Gasteiger partial charge in [0.2, 0.25) is 23.6 Å². The van der Waals surface area contributed by atoms with Crippen molar-refractivity contribution in [2.45, 2.75) is 105 Å². The van der Waals surface area contributed by atoms with E-state index in [1.165, 1.54) is 22.3 Å². The van der Waals surface area contributed by atoms with Crippen molar-refractivity contribution < 1.29 is 8.83 Å². The van der Waals surface area contributed by atoms with Crippen molar-refractivity contribution in [1.29, 1.82) is 5.26 Å². The molecule has 0 unspecified atom stereocenters. The number of hydrogen-bond donors (Lipinski definition) is 0. The largest absolute Gasteiger partial charge is 0.416 e. The molecule has 238 valence electrons. The van der Waals surface area contributed by atoms with Crippen molar-refractivity contribution in [1.82, 2.24) is 20.4 Å². The number of hydrogen-bond acceptors (Lipinski definition) is 7. The standard InChI is InChI=1S/C39H45N5O2/c1-36(2,3)28-16-26(17-29(20-28)37(4,5)6)34-43-41-32(45-34)24-13-23(22-40)14-25(15-24)33-42-44-35(46-33)27-18-30(38(7,8)9)21-31(19-27)39(10,11)12/h13-21H,1-12H3. The summed E-state index contributed by atoms with van der Waals surface area (Å²) >= 11 is 0. The molecule has 5 aromatic rings. The third-order valence-corrected chi connectivity index (χ3v) is 8.23. The average Bonchev–Trinajstić information content (AvgIpc) is 3.66. The van der Waals surface area contributed by atoms with Crippen molar-refractivity contribution in [3.05, 3.63) is 82.4 Å². The Labute approximate surface area is 273 Å². The van der Waals surface area contributed by atoms with Crippen LogP contribution >= 0.6 is 0 Å². The minimum Gasteiger partial charge on any atom is -0.416 e. The summed E-state index contributed by atoms with van der Waals surface area (Å²) < 4.78 is 12.5. The van der Waals surface area contributed by atoms with Gasteiger partial charge in [0.15, 0.2) is 0 Å². The molecule has 0 aliphatic heterocycles. The van der Waals surface area contributed by atoms with Crippen molar-refractivity contribution >= 4 is 0 Å². The molecule has 2 aromatic heterocycles. The molecule has 7 nitrogen and oxygen atoms in total. The van der Waals surface area contributed by atoms with E-state index in [9.17, 15) is 5.26 Å². The fourth-order valence-corrected chi connectivity index (χ4v) is 5.09. The van der Waals surface area contributed by atoms with E-state index in [0.29, 0.717) is 40.3 Å². The Morgan fingerprint density at radius 3 is 0.913 bits per heavy atom. The maximum atomic E-state index is 9.89. The molecule has 5 rings (SSSR count). The van der Waals surface area contributed by atoms with Gasteiger partial charge in [-0.1, -0.05) is 95.2 Å². The predicted octanol–water partition coefficient (Wildman–Crippen LogP) is 10.2. The van der Waals surface area contributed by atoms with Gasteiger partial charge in [-0.25, -0.2) is 0 Å². The molecule has 0 amide bonds. The first-order valence-electron chi connectivity index (χ1n) is 15.8. The van der Waals surface area contributed by atoms with Crippen LogP contribution in [0.1, 0.15) is 111 Å². The Morgan fingerprint density at radius 1 is 0.413 bits per heavy atom. The number of benzene rings is 3. The molecule has 0 bridgehead atoms. The second-order valence-corrected chi connectivity index (χ2v) is 16.3. The van der Waals surface area contributed by atoms with Crippen LogP contribution in [0, 0.1) is 11.3 Å². The highest BCUT2D eigenvalue weighted by atomic mass is 16.4. The summed E-state index contributed by atoms with van der Waals surface area (Å²) in [6, 6.07) is 20.5. The van der Waals surface area contributed by atoms with Gasteiger partial charge in [0.25, 0.3) is 0 Å². The van der Waals surface area contributed by atoms with Gasteiger partial charge in [0.1, 0.15) is 0 Å². The van der Waals surface area contributed by atoms with Crippen LogP contribution < -0.4 is 0 Å². The Bertz CT molecular complexity index is 1750. The van der Waals surface area contributed by atoms with Crippen LogP contribution in [-0.4, -0.2) is 20.4 Å². The number of nitriles is 1. The van der Waals surface area contributed by atoms with E-state index in [1.54, 1.807) is 12.1 Å². The summed E-state index contributed by atoms with van der Waals surface area (Å²) in [5.74, 6) is 1.45. The summed E-state index contributed by atoms with van der Waals surface area (Å²) in [5, 5.41) is 27.5. The molecule has 46 heavy (non-hydrogen) atoms. The zero-order chi connectivity index (χ0) is 33.8. The monoisotopic (exact) mass is 615 g/mol. The van der Waals surface area contributed by atoms with Crippen LogP contribution in [0.4, 0.5) is 0 Å². The maximum Gasteiger partial charge on any atom is 0.248 e. The highest BCUT2D eigenvalue weighted by molar-refractivity contribution is 5.69. The van der Waals surface area contributed by atoms with Gasteiger partial charge in [-0.3, -0.25) is 0 Å². The maximum absolute atomic E-state index is 9.89. The molecule has 0 atom stereocenters. The zero-order valence-corrected chi connectivity index (χ0v) is 29.2. The van der Waals surface area contributed by atoms with Gasteiger partial charge in [-0.15, -0.1) is 20.4 Å². The van der Waals surface area contributed by atoms with Crippen LogP contribution in [0.25, 0.3) is 45.8 Å². The first-order valence-corrected chi connectivity index (χ1v) is 15.8. The lowest BCUT2D eigenvalue weighted by Crippen LogP contribution is -2.16. The van der Waals surface area contributed by atoms with Crippen molar-refractivity contribution in [3.8, 4) is 51.9 Å². The number of aromatic nitrogens is 4. The van der Waals surface area contributed by atoms with Crippen molar-refractivity contribution in [2.75, 3.05) is 0 Å². The second-order valence-electron chi connectivity index (χ2n) is 16.3. The lowest BCUT2D eigenvalue weighted by Gasteiger charge is -2.25. The van der Waals surface area contributed by atoms with Gasteiger partial charge >= 0.3 is 0 Å². The quantitative estimate of drug-likeness (QED) is 0.198. The van der Waals surface area contributed by atoms with Gasteiger partial charge in [0.05, 0.1) is 11.6 Å². The molecule has 7 heteroatoms. The molecule has 2 heterocycles. The van der Waals surface area contributed by atoms with E-state index in [2.05, 4.69) is 146 Å². The third kappa shape index (κ3) is 6.97. The molecule has 0 aliphatic rings. The summed E-state index contributed by atoms with van der Waals surface area (Å²) in [4.78, 5) is 0.